The predicted molar refractivity (Wildman–Crippen MR) is 137 cm³/mol. The number of hydrazone groups is 1. The van der Waals surface area contributed by atoms with E-state index in [9.17, 15) is 9.90 Å². The first-order valence-electron chi connectivity index (χ1n) is 10.7. The Hall–Kier alpha value is -3.74. The van der Waals surface area contributed by atoms with Crippen LogP contribution in [0.5, 0.6) is 5.75 Å². The third kappa shape index (κ3) is 5.60. The van der Waals surface area contributed by atoms with Crippen molar-refractivity contribution in [1.29, 1.82) is 0 Å². The standard InChI is InChI=1S/C28H23BrN2O3/c29-25-15-11-22(12-16-25)20-34-26-17-13-21(14-18-26)19-30-31-27(32)28(33,23-7-3-1-4-8-23)24-9-5-2-6-10-24/h1-19,33H,20H2,(H,31,32)/b30-19-. The maximum atomic E-state index is 13.1. The minimum Gasteiger partial charge on any atom is -0.489 e. The number of carbonyl (C=O) groups is 1. The lowest BCUT2D eigenvalue weighted by atomic mass is 9.85. The van der Waals surface area contributed by atoms with Crippen LogP contribution in [0.2, 0.25) is 0 Å². The molecule has 4 rings (SSSR count). The Labute approximate surface area is 206 Å². The molecule has 0 bridgehead atoms. The maximum Gasteiger partial charge on any atom is 0.281 e. The van der Waals surface area contributed by atoms with E-state index >= 15 is 0 Å². The van der Waals surface area contributed by atoms with Crippen LogP contribution >= 0.6 is 15.9 Å². The highest BCUT2D eigenvalue weighted by molar-refractivity contribution is 9.10. The molecule has 0 radical (unpaired) electrons. The fourth-order valence-electron chi connectivity index (χ4n) is 3.43. The van der Waals surface area contributed by atoms with Gasteiger partial charge in [-0.15, -0.1) is 0 Å². The summed E-state index contributed by atoms with van der Waals surface area (Å²) in [6, 6.07) is 32.9. The summed E-state index contributed by atoms with van der Waals surface area (Å²) in [5.41, 5.74) is 3.38. The summed E-state index contributed by atoms with van der Waals surface area (Å²) < 4.78 is 6.84. The Morgan fingerprint density at radius 1 is 0.853 bits per heavy atom. The summed E-state index contributed by atoms with van der Waals surface area (Å²) in [4.78, 5) is 13.1. The number of hydrogen-bond donors (Lipinski definition) is 2. The van der Waals surface area contributed by atoms with Gasteiger partial charge in [-0.2, -0.15) is 5.10 Å². The molecule has 0 spiro atoms. The molecule has 5 nitrogen and oxygen atoms in total. The molecule has 0 saturated heterocycles. The van der Waals surface area contributed by atoms with E-state index in [-0.39, 0.29) is 0 Å². The molecule has 34 heavy (non-hydrogen) atoms. The molecule has 6 heteroatoms. The first-order valence-corrected chi connectivity index (χ1v) is 11.5. The molecule has 0 aliphatic carbocycles. The van der Waals surface area contributed by atoms with Gasteiger partial charge in [-0.3, -0.25) is 4.79 Å². The molecule has 4 aromatic rings. The van der Waals surface area contributed by atoms with Crippen LogP contribution in [0.15, 0.2) is 119 Å². The third-order valence-electron chi connectivity index (χ3n) is 5.29. The Balaban J connectivity index is 1.41. The molecule has 0 aromatic heterocycles. The van der Waals surface area contributed by atoms with Gasteiger partial charge in [0.25, 0.3) is 5.91 Å². The second-order valence-corrected chi connectivity index (χ2v) is 8.54. The van der Waals surface area contributed by atoms with Gasteiger partial charge in [0, 0.05) is 4.47 Å². The van der Waals surface area contributed by atoms with Crippen LogP contribution in [0.4, 0.5) is 0 Å². The molecule has 4 aromatic carbocycles. The van der Waals surface area contributed by atoms with E-state index in [2.05, 4.69) is 26.5 Å². The van der Waals surface area contributed by atoms with Crippen molar-refractivity contribution in [2.75, 3.05) is 0 Å². The second kappa shape index (κ2) is 10.9. The molecular weight excluding hydrogens is 492 g/mol. The van der Waals surface area contributed by atoms with Crippen molar-refractivity contribution >= 4 is 28.1 Å². The van der Waals surface area contributed by atoms with E-state index in [0.29, 0.717) is 17.7 Å². The number of hydrogen-bond acceptors (Lipinski definition) is 4. The minimum absolute atomic E-state index is 0.459. The topological polar surface area (TPSA) is 70.9 Å². The Morgan fingerprint density at radius 3 is 1.97 bits per heavy atom. The number of rotatable bonds is 8. The van der Waals surface area contributed by atoms with E-state index in [1.807, 2.05) is 60.7 Å². The van der Waals surface area contributed by atoms with E-state index in [1.54, 1.807) is 48.5 Å². The van der Waals surface area contributed by atoms with Crippen LogP contribution in [0.1, 0.15) is 22.3 Å². The van der Waals surface area contributed by atoms with Crippen molar-refractivity contribution in [2.45, 2.75) is 12.2 Å². The maximum absolute atomic E-state index is 13.1. The van der Waals surface area contributed by atoms with Gasteiger partial charge in [-0.25, -0.2) is 5.43 Å². The average molecular weight is 515 g/mol. The zero-order chi connectivity index (χ0) is 23.8. The highest BCUT2D eigenvalue weighted by atomic mass is 79.9. The fourth-order valence-corrected chi connectivity index (χ4v) is 3.70. The number of aliphatic hydroxyl groups is 1. The largest absolute Gasteiger partial charge is 0.489 e. The van der Waals surface area contributed by atoms with Crippen molar-refractivity contribution in [3.05, 3.63) is 136 Å². The van der Waals surface area contributed by atoms with Crippen LogP contribution in [0.25, 0.3) is 0 Å². The van der Waals surface area contributed by atoms with Gasteiger partial charge in [0.2, 0.25) is 0 Å². The zero-order valence-electron chi connectivity index (χ0n) is 18.3. The molecule has 0 saturated carbocycles. The summed E-state index contributed by atoms with van der Waals surface area (Å²) >= 11 is 3.42. The minimum atomic E-state index is -1.87. The fraction of sp³-hybridized carbons (Fsp3) is 0.0714. The lowest BCUT2D eigenvalue weighted by Crippen LogP contribution is -2.43. The molecule has 0 fully saturated rings. The smallest absolute Gasteiger partial charge is 0.281 e. The van der Waals surface area contributed by atoms with Gasteiger partial charge in [0.15, 0.2) is 5.60 Å². The van der Waals surface area contributed by atoms with E-state index < -0.39 is 11.5 Å². The van der Waals surface area contributed by atoms with Gasteiger partial charge < -0.3 is 9.84 Å². The molecule has 0 unspecified atom stereocenters. The van der Waals surface area contributed by atoms with Crippen LogP contribution in [0.3, 0.4) is 0 Å². The molecule has 0 aliphatic heterocycles. The van der Waals surface area contributed by atoms with Crippen molar-refractivity contribution in [3.8, 4) is 5.75 Å². The number of amides is 1. The number of benzene rings is 4. The van der Waals surface area contributed by atoms with Crippen LogP contribution in [0, 0.1) is 0 Å². The third-order valence-corrected chi connectivity index (χ3v) is 5.82. The quantitative estimate of drug-likeness (QED) is 0.244. The lowest BCUT2D eigenvalue weighted by Gasteiger charge is -2.27. The van der Waals surface area contributed by atoms with Gasteiger partial charge in [-0.05, 0) is 58.7 Å². The molecule has 0 aliphatic rings. The SMILES string of the molecule is O=C(N/N=C\c1ccc(OCc2ccc(Br)cc2)cc1)C(O)(c1ccccc1)c1ccccc1. The van der Waals surface area contributed by atoms with E-state index in [1.165, 1.54) is 6.21 Å². The Bertz CT molecular complexity index is 1200. The number of carbonyl (C=O) groups excluding carboxylic acids is 1. The van der Waals surface area contributed by atoms with Gasteiger partial charge in [0.05, 0.1) is 6.21 Å². The Kier molecular flexibility index (Phi) is 7.52. The van der Waals surface area contributed by atoms with Crippen LogP contribution < -0.4 is 10.2 Å². The normalized spacial score (nSPS) is 11.4. The van der Waals surface area contributed by atoms with Crippen molar-refractivity contribution in [2.24, 2.45) is 5.10 Å². The summed E-state index contributed by atoms with van der Waals surface area (Å²) in [6.45, 7) is 0.467. The van der Waals surface area contributed by atoms with Crippen LogP contribution in [-0.2, 0) is 17.0 Å². The molecular formula is C28H23BrN2O3. The first kappa shape index (κ1) is 23.4. The lowest BCUT2D eigenvalue weighted by molar-refractivity contribution is -0.136. The van der Waals surface area contributed by atoms with Crippen molar-refractivity contribution in [1.82, 2.24) is 5.43 Å². The van der Waals surface area contributed by atoms with Gasteiger partial charge in [-0.1, -0.05) is 88.7 Å². The molecule has 0 heterocycles. The van der Waals surface area contributed by atoms with Crippen molar-refractivity contribution < 1.29 is 14.6 Å². The molecule has 1 amide bonds. The average Bonchev–Trinajstić information content (AvgIpc) is 2.89. The number of halogens is 1. The number of ether oxygens (including phenoxy) is 1. The van der Waals surface area contributed by atoms with Crippen molar-refractivity contribution in [3.63, 3.8) is 0 Å². The number of nitrogens with zero attached hydrogens (tertiary/aromatic N) is 1. The molecule has 2 N–H and O–H groups in total. The summed E-state index contributed by atoms with van der Waals surface area (Å²) in [5, 5.41) is 15.5. The first-order chi connectivity index (χ1) is 16.6. The van der Waals surface area contributed by atoms with Gasteiger partial charge >= 0.3 is 0 Å². The second-order valence-electron chi connectivity index (χ2n) is 7.63. The monoisotopic (exact) mass is 514 g/mol. The highest BCUT2D eigenvalue weighted by Crippen LogP contribution is 2.29. The van der Waals surface area contributed by atoms with Gasteiger partial charge in [0.1, 0.15) is 12.4 Å². The summed E-state index contributed by atoms with van der Waals surface area (Å²) in [5.74, 6) is 0.0854. The Morgan fingerprint density at radius 2 is 1.41 bits per heavy atom. The number of nitrogens with one attached hydrogen (secondary N) is 1. The molecule has 170 valence electrons. The summed E-state index contributed by atoms with van der Waals surface area (Å²) in [7, 11) is 0. The van der Waals surface area contributed by atoms with E-state index in [0.717, 1.165) is 21.3 Å². The highest BCUT2D eigenvalue weighted by Gasteiger charge is 2.39. The van der Waals surface area contributed by atoms with Crippen LogP contribution in [-0.4, -0.2) is 17.2 Å². The molecule has 0 atom stereocenters. The van der Waals surface area contributed by atoms with E-state index in [4.69, 9.17) is 4.74 Å². The zero-order valence-corrected chi connectivity index (χ0v) is 19.9. The summed E-state index contributed by atoms with van der Waals surface area (Å²) in [6.07, 6.45) is 1.52. The predicted octanol–water partition coefficient (Wildman–Crippen LogP) is 5.41.